The molecule has 0 aliphatic rings. The quantitative estimate of drug-likeness (QED) is 0.304. The first-order chi connectivity index (χ1) is 13.5. The Hall–Kier alpha value is -2.56. The Balaban J connectivity index is 0.00000300. The van der Waals surface area contributed by atoms with Crippen molar-refractivity contribution in [1.82, 2.24) is 30.2 Å². The van der Waals surface area contributed by atoms with Gasteiger partial charge in [0.05, 0.1) is 30.7 Å². The first-order valence-electron chi connectivity index (χ1n) is 9.14. The second-order valence-corrected chi connectivity index (χ2v) is 6.50. The molecular formula is C20H28IN7O. The van der Waals surface area contributed by atoms with Crippen LogP contribution in [0.15, 0.2) is 41.5 Å². The minimum absolute atomic E-state index is 0. The molecule has 2 heterocycles. The van der Waals surface area contributed by atoms with Crippen molar-refractivity contribution >= 4 is 29.9 Å². The van der Waals surface area contributed by atoms with Crippen molar-refractivity contribution in [1.29, 1.82) is 0 Å². The molecule has 0 saturated carbocycles. The molecule has 0 amide bonds. The third-order valence-corrected chi connectivity index (χ3v) is 4.73. The van der Waals surface area contributed by atoms with Crippen LogP contribution in [0.2, 0.25) is 0 Å². The van der Waals surface area contributed by atoms with E-state index in [-0.39, 0.29) is 24.0 Å². The normalized spacial score (nSPS) is 11.1. The lowest BCUT2D eigenvalue weighted by atomic mass is 10.2. The van der Waals surface area contributed by atoms with Crippen molar-refractivity contribution in [2.45, 2.75) is 26.9 Å². The minimum Gasteiger partial charge on any atom is -0.497 e. The summed E-state index contributed by atoms with van der Waals surface area (Å²) in [7, 11) is 5.37. The van der Waals surface area contributed by atoms with Gasteiger partial charge in [0.2, 0.25) is 0 Å². The van der Waals surface area contributed by atoms with Crippen LogP contribution in [0.5, 0.6) is 5.75 Å². The number of rotatable bonds is 6. The topological polar surface area (TPSA) is 81.3 Å². The number of nitrogens with zero attached hydrogens (tertiary/aromatic N) is 5. The number of aliphatic imine (C=N–C) groups is 1. The van der Waals surface area contributed by atoms with Crippen LogP contribution in [0.25, 0.3) is 5.69 Å². The van der Waals surface area contributed by atoms with Gasteiger partial charge < -0.3 is 15.4 Å². The van der Waals surface area contributed by atoms with Crippen LogP contribution in [0.4, 0.5) is 0 Å². The Labute approximate surface area is 188 Å². The van der Waals surface area contributed by atoms with Gasteiger partial charge in [0, 0.05) is 38.1 Å². The Morgan fingerprint density at radius 2 is 1.76 bits per heavy atom. The van der Waals surface area contributed by atoms with Gasteiger partial charge in [0.15, 0.2) is 5.96 Å². The Kier molecular flexibility index (Phi) is 8.06. The van der Waals surface area contributed by atoms with E-state index < -0.39 is 0 Å². The summed E-state index contributed by atoms with van der Waals surface area (Å²) < 4.78 is 8.93. The molecule has 2 N–H and O–H groups in total. The van der Waals surface area contributed by atoms with Gasteiger partial charge in [-0.15, -0.1) is 24.0 Å². The summed E-state index contributed by atoms with van der Waals surface area (Å²) in [5, 5.41) is 15.7. The number of hydrogen-bond acceptors (Lipinski definition) is 4. The molecule has 3 rings (SSSR count). The number of guanidine groups is 1. The minimum atomic E-state index is 0. The van der Waals surface area contributed by atoms with Crippen LogP contribution < -0.4 is 15.4 Å². The Morgan fingerprint density at radius 3 is 2.34 bits per heavy atom. The fourth-order valence-electron chi connectivity index (χ4n) is 2.98. The van der Waals surface area contributed by atoms with E-state index in [1.807, 2.05) is 59.9 Å². The smallest absolute Gasteiger partial charge is 0.191 e. The summed E-state index contributed by atoms with van der Waals surface area (Å²) in [6, 6.07) is 9.77. The van der Waals surface area contributed by atoms with Crippen LogP contribution in [0, 0.1) is 13.8 Å². The van der Waals surface area contributed by atoms with Gasteiger partial charge >= 0.3 is 0 Å². The highest BCUT2D eigenvalue weighted by molar-refractivity contribution is 14.0. The predicted octanol–water partition coefficient (Wildman–Crippen LogP) is 2.71. The van der Waals surface area contributed by atoms with Crippen LogP contribution in [0.1, 0.15) is 22.6 Å². The van der Waals surface area contributed by atoms with Crippen LogP contribution >= 0.6 is 24.0 Å². The zero-order chi connectivity index (χ0) is 20.1. The van der Waals surface area contributed by atoms with Crippen LogP contribution in [0.3, 0.4) is 0 Å². The maximum atomic E-state index is 5.19. The number of ether oxygens (including phenoxy) is 1. The van der Waals surface area contributed by atoms with Crippen LogP contribution in [-0.4, -0.2) is 39.7 Å². The molecule has 0 aliphatic heterocycles. The highest BCUT2D eigenvalue weighted by atomic mass is 127. The van der Waals surface area contributed by atoms with E-state index in [0.717, 1.165) is 34.5 Å². The molecule has 3 aromatic rings. The Bertz CT molecular complexity index is 960. The van der Waals surface area contributed by atoms with E-state index in [9.17, 15) is 0 Å². The second kappa shape index (κ2) is 10.3. The van der Waals surface area contributed by atoms with Crippen molar-refractivity contribution in [3.63, 3.8) is 0 Å². The number of aromatic nitrogens is 4. The van der Waals surface area contributed by atoms with E-state index in [4.69, 9.17) is 4.74 Å². The highest BCUT2D eigenvalue weighted by Crippen LogP contribution is 2.14. The van der Waals surface area contributed by atoms with Crippen molar-refractivity contribution in [3.8, 4) is 11.4 Å². The van der Waals surface area contributed by atoms with Crippen molar-refractivity contribution in [2.24, 2.45) is 12.0 Å². The maximum absolute atomic E-state index is 5.19. The first kappa shape index (κ1) is 22.7. The van der Waals surface area contributed by atoms with Gasteiger partial charge in [0.25, 0.3) is 0 Å². The fraction of sp³-hybridized carbons (Fsp3) is 0.350. The number of benzene rings is 1. The van der Waals surface area contributed by atoms with Crippen LogP contribution in [-0.2, 0) is 20.1 Å². The third-order valence-electron chi connectivity index (χ3n) is 4.73. The average Bonchev–Trinajstić information content (AvgIpc) is 3.27. The fourth-order valence-corrected chi connectivity index (χ4v) is 2.98. The van der Waals surface area contributed by atoms with E-state index in [0.29, 0.717) is 13.1 Å². The zero-order valence-electron chi connectivity index (χ0n) is 17.4. The molecule has 0 bridgehead atoms. The van der Waals surface area contributed by atoms with Crippen molar-refractivity contribution < 1.29 is 4.74 Å². The number of halogens is 1. The van der Waals surface area contributed by atoms with Crippen molar-refractivity contribution in [3.05, 3.63) is 59.2 Å². The lowest BCUT2D eigenvalue weighted by Gasteiger charge is -2.11. The van der Waals surface area contributed by atoms with E-state index in [1.54, 1.807) is 14.2 Å². The molecule has 0 atom stereocenters. The number of methoxy groups -OCH3 is 1. The molecule has 1 aromatic carbocycles. The lowest BCUT2D eigenvalue weighted by Crippen LogP contribution is -2.36. The summed E-state index contributed by atoms with van der Waals surface area (Å²) in [5.41, 5.74) is 5.28. The predicted molar refractivity (Wildman–Crippen MR) is 125 cm³/mol. The third kappa shape index (κ3) is 5.49. The molecule has 0 aliphatic carbocycles. The second-order valence-electron chi connectivity index (χ2n) is 6.50. The van der Waals surface area contributed by atoms with Gasteiger partial charge in [-0.3, -0.25) is 9.67 Å². The van der Waals surface area contributed by atoms with Crippen molar-refractivity contribution in [2.75, 3.05) is 14.2 Å². The molecule has 8 nitrogen and oxygen atoms in total. The van der Waals surface area contributed by atoms with Gasteiger partial charge in [-0.05, 0) is 44.2 Å². The summed E-state index contributed by atoms with van der Waals surface area (Å²) in [6.45, 7) is 5.34. The molecule has 0 radical (unpaired) electrons. The summed E-state index contributed by atoms with van der Waals surface area (Å²) in [4.78, 5) is 4.29. The molecular weight excluding hydrogens is 481 g/mol. The van der Waals surface area contributed by atoms with E-state index in [1.165, 1.54) is 5.56 Å². The standard InChI is InChI=1S/C20H27N7O.HI/c1-14-19(15(2)26(4)24-14)13-23-20(21-3)22-12-16-10-11-27(25-16)17-6-8-18(28-5)9-7-17;/h6-11H,12-13H2,1-5H3,(H2,21,22,23);1H. The highest BCUT2D eigenvalue weighted by Gasteiger charge is 2.10. The maximum Gasteiger partial charge on any atom is 0.191 e. The average molecular weight is 509 g/mol. The monoisotopic (exact) mass is 509 g/mol. The summed E-state index contributed by atoms with van der Waals surface area (Å²) >= 11 is 0. The van der Waals surface area contributed by atoms with E-state index in [2.05, 4.69) is 32.7 Å². The number of nitrogens with one attached hydrogen (secondary N) is 2. The summed E-state index contributed by atoms with van der Waals surface area (Å²) in [5.74, 6) is 1.55. The SMILES string of the molecule is CN=C(NCc1ccn(-c2ccc(OC)cc2)n1)NCc1c(C)nn(C)c1C.I. The first-order valence-corrected chi connectivity index (χ1v) is 9.14. The largest absolute Gasteiger partial charge is 0.497 e. The van der Waals surface area contributed by atoms with Gasteiger partial charge in [-0.2, -0.15) is 10.2 Å². The molecule has 29 heavy (non-hydrogen) atoms. The molecule has 156 valence electrons. The van der Waals surface area contributed by atoms with Gasteiger partial charge in [0.1, 0.15) is 5.75 Å². The number of aryl methyl sites for hydroxylation is 2. The molecule has 0 spiro atoms. The lowest BCUT2D eigenvalue weighted by molar-refractivity contribution is 0.414. The summed E-state index contributed by atoms with van der Waals surface area (Å²) in [6.07, 6.45) is 1.94. The molecule has 0 fully saturated rings. The molecule has 0 unspecified atom stereocenters. The molecule has 2 aromatic heterocycles. The zero-order valence-corrected chi connectivity index (χ0v) is 19.8. The number of hydrogen-bond donors (Lipinski definition) is 2. The molecule has 0 saturated heterocycles. The van der Waals surface area contributed by atoms with E-state index >= 15 is 0 Å². The Morgan fingerprint density at radius 1 is 1.07 bits per heavy atom. The van der Waals surface area contributed by atoms with Gasteiger partial charge in [-0.1, -0.05) is 0 Å². The van der Waals surface area contributed by atoms with Gasteiger partial charge in [-0.25, -0.2) is 4.68 Å². The molecule has 9 heteroatoms.